The zero-order valence-electron chi connectivity index (χ0n) is 21.7. The molecule has 1 saturated heterocycles. The Labute approximate surface area is 231 Å². The maximum absolute atomic E-state index is 12.5. The van der Waals surface area contributed by atoms with Crippen molar-refractivity contribution >= 4 is 38.8 Å². The molecule has 200 valence electrons. The summed E-state index contributed by atoms with van der Waals surface area (Å²) in [6.07, 6.45) is 10.9. The van der Waals surface area contributed by atoms with Gasteiger partial charge in [-0.25, -0.2) is 4.68 Å². The third-order valence-electron chi connectivity index (χ3n) is 7.06. The van der Waals surface area contributed by atoms with Gasteiger partial charge in [0.1, 0.15) is 0 Å². The minimum absolute atomic E-state index is 0.0388. The summed E-state index contributed by atoms with van der Waals surface area (Å²) in [5.74, 6) is 0.531. The van der Waals surface area contributed by atoms with Gasteiger partial charge in [-0.2, -0.15) is 5.10 Å². The van der Waals surface area contributed by atoms with Crippen molar-refractivity contribution < 1.29 is 5.11 Å². The third kappa shape index (κ3) is 6.10. The highest BCUT2D eigenvalue weighted by Crippen LogP contribution is 2.42. The lowest BCUT2D eigenvalue weighted by Crippen LogP contribution is -2.22. The largest absolute Gasteiger partial charge is 0.400 e. The maximum Gasteiger partial charge on any atom is 0.267 e. The van der Waals surface area contributed by atoms with Crippen LogP contribution in [-0.4, -0.2) is 46.6 Å². The average molecular weight is 552 g/mol. The number of aliphatic hydroxyl groups excluding tert-OH is 1. The number of nitrogens with zero attached hydrogens (tertiary/aromatic N) is 3. The number of hydrogen-bond donors (Lipinski definition) is 3. The predicted octanol–water partition coefficient (Wildman–Crippen LogP) is 5.44. The third-order valence-corrected chi connectivity index (χ3v) is 8.43. The number of pyridine rings is 1. The zero-order chi connectivity index (χ0) is 26.5. The number of rotatable bonds is 4. The van der Waals surface area contributed by atoms with Crippen molar-refractivity contribution in [2.24, 2.45) is 0 Å². The van der Waals surface area contributed by atoms with Crippen molar-refractivity contribution in [3.63, 3.8) is 0 Å². The first kappa shape index (κ1) is 26.8. The van der Waals surface area contributed by atoms with Crippen molar-refractivity contribution in [2.75, 3.05) is 32.1 Å². The van der Waals surface area contributed by atoms with E-state index in [1.54, 1.807) is 22.1 Å². The summed E-state index contributed by atoms with van der Waals surface area (Å²) in [5, 5.41) is 19.0. The molecule has 3 aliphatic rings. The Morgan fingerprint density at radius 2 is 1.89 bits per heavy atom. The van der Waals surface area contributed by atoms with Gasteiger partial charge in [0, 0.05) is 52.6 Å². The molecule has 7 rings (SSSR count). The maximum atomic E-state index is 12.5. The van der Waals surface area contributed by atoms with Crippen molar-refractivity contribution in [1.29, 1.82) is 0 Å². The molecule has 0 unspecified atom stereocenters. The Hall–Kier alpha value is -2.78. The molecule has 38 heavy (non-hydrogen) atoms. The van der Waals surface area contributed by atoms with Gasteiger partial charge in [0.05, 0.1) is 23.0 Å². The number of aryl methyl sites for hydroxylation is 1. The van der Waals surface area contributed by atoms with Crippen molar-refractivity contribution in [2.45, 2.75) is 51.0 Å². The van der Waals surface area contributed by atoms with Crippen molar-refractivity contribution in [1.82, 2.24) is 20.1 Å². The lowest BCUT2D eigenvalue weighted by molar-refractivity contribution is 0.399. The van der Waals surface area contributed by atoms with Crippen LogP contribution in [0.1, 0.15) is 54.0 Å². The molecule has 2 aliphatic heterocycles. The molecule has 1 aliphatic carbocycles. The van der Waals surface area contributed by atoms with Gasteiger partial charge < -0.3 is 15.7 Å². The van der Waals surface area contributed by atoms with Gasteiger partial charge in [0.25, 0.3) is 5.56 Å². The van der Waals surface area contributed by atoms with E-state index >= 15 is 0 Å². The molecule has 3 N–H and O–H groups in total. The van der Waals surface area contributed by atoms with Gasteiger partial charge in [-0.1, -0.05) is 11.6 Å². The summed E-state index contributed by atoms with van der Waals surface area (Å²) in [6, 6.07) is 9.96. The van der Waals surface area contributed by atoms with Gasteiger partial charge in [-0.3, -0.25) is 9.78 Å². The molecule has 0 atom stereocenters. The quantitative estimate of drug-likeness (QED) is 0.313. The van der Waals surface area contributed by atoms with Gasteiger partial charge >= 0.3 is 0 Å². The molecule has 0 amide bonds. The SMILES string of the molecule is C1CCNC1.CO.O=c1cc(C2CC2)cnn1Cc1cc2nccc(-c3cc(Cl)cc4c3NCCC4)c2s1. The molecule has 4 aromatic rings. The Balaban J connectivity index is 0.000000373. The summed E-state index contributed by atoms with van der Waals surface area (Å²) >= 11 is 8.13. The lowest BCUT2D eigenvalue weighted by Gasteiger charge is -2.22. The molecule has 1 saturated carbocycles. The Morgan fingerprint density at radius 3 is 2.61 bits per heavy atom. The van der Waals surface area contributed by atoms with E-state index in [2.05, 4.69) is 38.9 Å². The summed E-state index contributed by atoms with van der Waals surface area (Å²) in [6.45, 7) is 3.92. The first-order valence-electron chi connectivity index (χ1n) is 13.3. The van der Waals surface area contributed by atoms with Crippen LogP contribution >= 0.6 is 22.9 Å². The van der Waals surface area contributed by atoms with E-state index < -0.39 is 0 Å². The fourth-order valence-electron chi connectivity index (χ4n) is 5.03. The highest BCUT2D eigenvalue weighted by molar-refractivity contribution is 7.19. The molecular formula is C29H34ClN5O2S. The Morgan fingerprint density at radius 1 is 1.08 bits per heavy atom. The van der Waals surface area contributed by atoms with Crippen LogP contribution in [0.15, 0.2) is 47.5 Å². The van der Waals surface area contributed by atoms with E-state index in [0.717, 1.165) is 76.1 Å². The van der Waals surface area contributed by atoms with E-state index in [1.165, 1.54) is 37.2 Å². The van der Waals surface area contributed by atoms with Crippen LogP contribution in [-0.2, 0) is 13.0 Å². The smallest absolute Gasteiger partial charge is 0.267 e. The van der Waals surface area contributed by atoms with Gasteiger partial charge in [0.2, 0.25) is 0 Å². The predicted molar refractivity (Wildman–Crippen MR) is 157 cm³/mol. The summed E-state index contributed by atoms with van der Waals surface area (Å²) in [4.78, 5) is 18.2. The number of halogens is 1. The van der Waals surface area contributed by atoms with Gasteiger partial charge in [0.15, 0.2) is 0 Å². The van der Waals surface area contributed by atoms with E-state index in [0.29, 0.717) is 12.5 Å². The van der Waals surface area contributed by atoms with Crippen LogP contribution in [0, 0.1) is 0 Å². The summed E-state index contributed by atoms with van der Waals surface area (Å²) in [5.41, 5.74) is 6.65. The number of thiophene rings is 1. The average Bonchev–Trinajstić information content (AvgIpc) is 3.42. The van der Waals surface area contributed by atoms with Crippen molar-refractivity contribution in [3.8, 4) is 11.1 Å². The fourth-order valence-corrected chi connectivity index (χ4v) is 6.39. The minimum Gasteiger partial charge on any atom is -0.400 e. The summed E-state index contributed by atoms with van der Waals surface area (Å²) in [7, 11) is 1.00. The topological polar surface area (TPSA) is 92.1 Å². The first-order chi connectivity index (χ1) is 18.7. The number of aliphatic hydroxyl groups is 1. The standard InChI is InChI=1S/C24H21ClN4OS.C4H9N.CH4O/c25-17-8-15-2-1-6-27-23(15)20(10-17)19-5-7-26-21-11-18(31-24(19)21)13-29-22(30)9-16(12-28-29)14-3-4-14;1-2-4-5-3-1;1-2/h5,7-12,14,27H,1-4,6,13H2;5H,1-4H2;2H,1H3. The number of hydrogen-bond acceptors (Lipinski definition) is 7. The van der Waals surface area contributed by atoms with Gasteiger partial charge in [-0.05, 0) is 92.9 Å². The molecule has 0 spiro atoms. The number of nitrogens with one attached hydrogen (secondary N) is 2. The second-order valence-corrected chi connectivity index (χ2v) is 11.4. The molecule has 5 heterocycles. The summed E-state index contributed by atoms with van der Waals surface area (Å²) < 4.78 is 2.65. The second kappa shape index (κ2) is 12.4. The second-order valence-electron chi connectivity index (χ2n) is 9.82. The highest BCUT2D eigenvalue weighted by atomic mass is 35.5. The molecule has 0 bridgehead atoms. The molecule has 2 fully saturated rings. The van der Waals surface area contributed by atoms with Crippen LogP contribution in [0.5, 0.6) is 0 Å². The van der Waals surface area contributed by atoms with E-state index in [1.807, 2.05) is 18.5 Å². The van der Waals surface area contributed by atoms with Crippen LogP contribution in [0.3, 0.4) is 0 Å². The van der Waals surface area contributed by atoms with E-state index in [-0.39, 0.29) is 5.56 Å². The molecule has 3 aromatic heterocycles. The molecular weight excluding hydrogens is 518 g/mol. The Bertz CT molecular complexity index is 1450. The molecule has 1 aromatic carbocycles. The number of aromatic nitrogens is 3. The normalized spacial score (nSPS) is 16.1. The number of benzene rings is 1. The monoisotopic (exact) mass is 551 g/mol. The highest BCUT2D eigenvalue weighted by Gasteiger charge is 2.24. The fraction of sp³-hybridized carbons (Fsp3) is 0.414. The van der Waals surface area contributed by atoms with E-state index in [9.17, 15) is 4.79 Å². The van der Waals surface area contributed by atoms with Gasteiger partial charge in [-0.15, -0.1) is 11.3 Å². The number of fused-ring (bicyclic) bond motifs is 2. The number of anilines is 1. The zero-order valence-corrected chi connectivity index (χ0v) is 23.2. The van der Waals surface area contributed by atoms with Crippen LogP contribution in [0.2, 0.25) is 5.02 Å². The molecule has 9 heteroatoms. The van der Waals surface area contributed by atoms with E-state index in [4.69, 9.17) is 16.7 Å². The van der Waals surface area contributed by atoms with Crippen LogP contribution < -0.4 is 16.2 Å². The van der Waals surface area contributed by atoms with Crippen molar-refractivity contribution in [3.05, 3.63) is 74.1 Å². The lowest BCUT2D eigenvalue weighted by atomic mass is 9.95. The first-order valence-corrected chi connectivity index (χ1v) is 14.5. The molecule has 0 radical (unpaired) electrons. The van der Waals surface area contributed by atoms with Crippen LogP contribution in [0.25, 0.3) is 21.3 Å². The van der Waals surface area contributed by atoms with Crippen LogP contribution in [0.4, 0.5) is 5.69 Å². The Kier molecular flexibility index (Phi) is 8.74. The molecule has 7 nitrogen and oxygen atoms in total. The minimum atomic E-state index is -0.0388.